The Morgan fingerprint density at radius 3 is 2.74 bits per heavy atom. The Bertz CT molecular complexity index is 622. The third kappa shape index (κ3) is 3.25. The Morgan fingerprint density at radius 1 is 1.42 bits per heavy atom. The third-order valence-electron chi connectivity index (χ3n) is 2.95. The number of halogens is 2. The number of carbonyl (C=O) groups excluding carboxylic acids is 1. The van der Waals surface area contributed by atoms with E-state index in [1.54, 1.807) is 16.9 Å². The number of aryl methyl sites for hydroxylation is 1. The van der Waals surface area contributed by atoms with Gasteiger partial charge in [0.2, 0.25) is 0 Å². The van der Waals surface area contributed by atoms with E-state index in [1.165, 1.54) is 0 Å². The zero-order valence-electron chi connectivity index (χ0n) is 10.6. The first-order valence-electron chi connectivity index (χ1n) is 5.69. The predicted molar refractivity (Wildman–Crippen MR) is 81.0 cm³/mol. The highest BCUT2D eigenvalue weighted by atomic mass is 79.9. The fourth-order valence-corrected chi connectivity index (χ4v) is 2.89. The fourth-order valence-electron chi connectivity index (χ4n) is 1.66. The van der Waals surface area contributed by atoms with Gasteiger partial charge in [-0.25, -0.2) is 0 Å². The van der Waals surface area contributed by atoms with E-state index in [0.717, 1.165) is 20.2 Å². The lowest BCUT2D eigenvalue weighted by Gasteiger charge is -2.07. The second-order valence-corrected chi connectivity index (χ2v) is 5.96. The van der Waals surface area contributed by atoms with Crippen LogP contribution in [0.2, 0.25) is 0 Å². The van der Waals surface area contributed by atoms with Crippen molar-refractivity contribution < 1.29 is 4.79 Å². The van der Waals surface area contributed by atoms with E-state index in [-0.39, 0.29) is 5.91 Å². The van der Waals surface area contributed by atoms with E-state index in [0.29, 0.717) is 12.1 Å². The maximum Gasteiger partial charge on any atom is 0.252 e. The summed E-state index contributed by atoms with van der Waals surface area (Å²) >= 11 is 6.75. The second-order valence-electron chi connectivity index (χ2n) is 4.19. The lowest BCUT2D eigenvalue weighted by Crippen LogP contribution is -2.23. The van der Waals surface area contributed by atoms with Crippen LogP contribution in [-0.4, -0.2) is 15.7 Å². The highest BCUT2D eigenvalue weighted by molar-refractivity contribution is 9.11. The summed E-state index contributed by atoms with van der Waals surface area (Å²) in [6, 6.07) is 5.47. The molecule has 0 atom stereocenters. The number of nitrogens with zero attached hydrogens (tertiary/aromatic N) is 2. The smallest absolute Gasteiger partial charge is 0.252 e. The van der Waals surface area contributed by atoms with Gasteiger partial charge in [0.25, 0.3) is 5.91 Å². The molecule has 1 heterocycles. The average Bonchev–Trinajstić information content (AvgIpc) is 2.67. The number of hydrogen-bond acceptors (Lipinski definition) is 2. The molecule has 19 heavy (non-hydrogen) atoms. The van der Waals surface area contributed by atoms with Crippen LogP contribution in [0.3, 0.4) is 0 Å². The number of rotatable bonds is 3. The van der Waals surface area contributed by atoms with Crippen molar-refractivity contribution in [3.8, 4) is 0 Å². The van der Waals surface area contributed by atoms with Crippen LogP contribution in [0.4, 0.5) is 0 Å². The fraction of sp³-hybridized carbons (Fsp3) is 0.231. The molecule has 4 nitrogen and oxygen atoms in total. The molecule has 0 unspecified atom stereocenters. The van der Waals surface area contributed by atoms with Gasteiger partial charge in [-0.2, -0.15) is 5.10 Å². The normalized spacial score (nSPS) is 10.5. The van der Waals surface area contributed by atoms with Gasteiger partial charge >= 0.3 is 0 Å². The summed E-state index contributed by atoms with van der Waals surface area (Å²) in [7, 11) is 1.88. The van der Waals surface area contributed by atoms with E-state index < -0.39 is 0 Å². The zero-order valence-corrected chi connectivity index (χ0v) is 13.7. The van der Waals surface area contributed by atoms with E-state index in [2.05, 4.69) is 42.3 Å². The Kier molecular flexibility index (Phi) is 4.42. The molecule has 0 fully saturated rings. The molecule has 1 amide bonds. The van der Waals surface area contributed by atoms with Gasteiger partial charge in [0.1, 0.15) is 0 Å². The predicted octanol–water partition coefficient (Wildman–Crippen LogP) is 3.18. The van der Waals surface area contributed by atoms with Gasteiger partial charge in [0.15, 0.2) is 0 Å². The van der Waals surface area contributed by atoms with Crippen LogP contribution in [-0.2, 0) is 13.6 Å². The van der Waals surface area contributed by atoms with Crippen molar-refractivity contribution in [1.82, 2.24) is 15.1 Å². The molecular weight excluding hydrogens is 374 g/mol. The monoisotopic (exact) mass is 385 g/mol. The molecule has 0 radical (unpaired) electrons. The van der Waals surface area contributed by atoms with Crippen LogP contribution in [0.5, 0.6) is 0 Å². The van der Waals surface area contributed by atoms with Crippen molar-refractivity contribution in [3.05, 3.63) is 50.2 Å². The van der Waals surface area contributed by atoms with Crippen LogP contribution in [0.1, 0.15) is 21.6 Å². The first kappa shape index (κ1) is 14.3. The molecule has 0 aliphatic heterocycles. The number of nitrogens with one attached hydrogen (secondary N) is 1. The van der Waals surface area contributed by atoms with Crippen LogP contribution >= 0.6 is 31.9 Å². The van der Waals surface area contributed by atoms with Crippen LogP contribution in [0, 0.1) is 6.92 Å². The standard InChI is InChI=1S/C13H13Br2N3O/c1-8-9(7-17-18(8)2)6-16-13(19)11-4-3-10(14)5-12(11)15/h3-5,7H,6H2,1-2H3,(H,16,19). The van der Waals surface area contributed by atoms with Gasteiger partial charge in [0.05, 0.1) is 11.8 Å². The number of amides is 1. The van der Waals surface area contributed by atoms with Gasteiger partial charge in [0, 0.05) is 33.8 Å². The average molecular weight is 387 g/mol. The van der Waals surface area contributed by atoms with Crippen molar-refractivity contribution in [1.29, 1.82) is 0 Å². The third-order valence-corrected chi connectivity index (χ3v) is 4.10. The molecule has 100 valence electrons. The molecular formula is C13H13Br2N3O. The first-order valence-corrected chi connectivity index (χ1v) is 7.28. The van der Waals surface area contributed by atoms with Crippen molar-refractivity contribution in [2.75, 3.05) is 0 Å². The lowest BCUT2D eigenvalue weighted by molar-refractivity contribution is 0.0950. The summed E-state index contributed by atoms with van der Waals surface area (Å²) in [5.74, 6) is -0.109. The summed E-state index contributed by atoms with van der Waals surface area (Å²) in [6.45, 7) is 2.45. The molecule has 0 aliphatic rings. The van der Waals surface area contributed by atoms with Crippen LogP contribution in [0.15, 0.2) is 33.3 Å². The number of benzene rings is 1. The van der Waals surface area contributed by atoms with Crippen molar-refractivity contribution >= 4 is 37.8 Å². The summed E-state index contributed by atoms with van der Waals surface area (Å²) in [5.41, 5.74) is 2.68. The van der Waals surface area contributed by atoms with E-state index in [4.69, 9.17) is 0 Å². The van der Waals surface area contributed by atoms with Gasteiger partial charge in [-0.05, 0) is 41.1 Å². The molecule has 1 aromatic carbocycles. The number of hydrogen-bond donors (Lipinski definition) is 1. The summed E-state index contributed by atoms with van der Waals surface area (Å²) in [5, 5.41) is 7.04. The molecule has 0 aliphatic carbocycles. The van der Waals surface area contributed by atoms with E-state index in [1.807, 2.05) is 26.1 Å². The molecule has 0 saturated carbocycles. The van der Waals surface area contributed by atoms with Crippen LogP contribution < -0.4 is 5.32 Å². The highest BCUT2D eigenvalue weighted by Crippen LogP contribution is 2.21. The number of aromatic nitrogens is 2. The topological polar surface area (TPSA) is 46.9 Å². The minimum Gasteiger partial charge on any atom is -0.348 e. The molecule has 0 saturated heterocycles. The molecule has 1 N–H and O–H groups in total. The molecule has 0 bridgehead atoms. The lowest BCUT2D eigenvalue weighted by atomic mass is 10.2. The maximum absolute atomic E-state index is 12.1. The van der Waals surface area contributed by atoms with Gasteiger partial charge in [-0.1, -0.05) is 15.9 Å². The maximum atomic E-state index is 12.1. The Labute approximate surface area is 128 Å². The van der Waals surface area contributed by atoms with Gasteiger partial charge in [-0.15, -0.1) is 0 Å². The van der Waals surface area contributed by atoms with Crippen molar-refractivity contribution in [2.24, 2.45) is 7.05 Å². The van der Waals surface area contributed by atoms with Gasteiger partial charge in [-0.3, -0.25) is 9.48 Å². The Morgan fingerprint density at radius 2 is 2.16 bits per heavy atom. The summed E-state index contributed by atoms with van der Waals surface area (Å²) in [4.78, 5) is 12.1. The zero-order chi connectivity index (χ0) is 14.0. The van der Waals surface area contributed by atoms with Gasteiger partial charge < -0.3 is 5.32 Å². The summed E-state index contributed by atoms with van der Waals surface area (Å²) in [6.07, 6.45) is 1.77. The Balaban J connectivity index is 2.07. The minimum atomic E-state index is -0.109. The Hall–Kier alpha value is -1.14. The molecule has 0 spiro atoms. The van der Waals surface area contributed by atoms with Crippen molar-refractivity contribution in [3.63, 3.8) is 0 Å². The largest absolute Gasteiger partial charge is 0.348 e. The quantitative estimate of drug-likeness (QED) is 0.880. The molecule has 6 heteroatoms. The first-order chi connectivity index (χ1) is 8.99. The highest BCUT2D eigenvalue weighted by Gasteiger charge is 2.11. The molecule has 2 rings (SSSR count). The molecule has 1 aromatic heterocycles. The minimum absolute atomic E-state index is 0.109. The second kappa shape index (κ2) is 5.88. The number of carbonyl (C=O) groups is 1. The van der Waals surface area contributed by atoms with Crippen molar-refractivity contribution in [2.45, 2.75) is 13.5 Å². The van der Waals surface area contributed by atoms with Crippen LogP contribution in [0.25, 0.3) is 0 Å². The van der Waals surface area contributed by atoms with E-state index >= 15 is 0 Å². The SMILES string of the molecule is Cc1c(CNC(=O)c2ccc(Br)cc2Br)cnn1C. The van der Waals surface area contributed by atoms with E-state index in [9.17, 15) is 4.79 Å². The molecule has 2 aromatic rings. The summed E-state index contributed by atoms with van der Waals surface area (Å²) < 4.78 is 3.48.